The second kappa shape index (κ2) is 9.89. The number of methoxy groups -OCH3 is 1. The highest BCUT2D eigenvalue weighted by Crippen LogP contribution is 2.24. The summed E-state index contributed by atoms with van der Waals surface area (Å²) in [6, 6.07) is 11.1. The third-order valence-corrected chi connectivity index (χ3v) is 5.04. The number of nitrogens with zero attached hydrogens (tertiary/aromatic N) is 4. The van der Waals surface area contributed by atoms with Crippen molar-refractivity contribution in [1.82, 2.24) is 19.7 Å². The van der Waals surface area contributed by atoms with Crippen molar-refractivity contribution < 1.29 is 9.53 Å². The number of pyridine rings is 1. The largest absolute Gasteiger partial charge is 0.497 e. The fourth-order valence-electron chi connectivity index (χ4n) is 2.66. The van der Waals surface area contributed by atoms with Crippen LogP contribution in [0.3, 0.4) is 0 Å². The lowest BCUT2D eigenvalue weighted by Gasteiger charge is -2.10. The van der Waals surface area contributed by atoms with E-state index in [4.69, 9.17) is 4.74 Å². The van der Waals surface area contributed by atoms with Crippen LogP contribution < -0.4 is 10.1 Å². The Hall–Kier alpha value is -2.87. The average Bonchev–Trinajstić information content (AvgIpc) is 3.14. The van der Waals surface area contributed by atoms with E-state index in [0.717, 1.165) is 35.9 Å². The molecule has 0 fully saturated rings. The Morgan fingerprint density at radius 3 is 2.79 bits per heavy atom. The molecule has 1 N–H and O–H groups in total. The van der Waals surface area contributed by atoms with E-state index in [-0.39, 0.29) is 11.7 Å². The molecule has 146 valence electrons. The monoisotopic (exact) mass is 397 g/mol. The van der Waals surface area contributed by atoms with Crippen LogP contribution in [0.5, 0.6) is 5.75 Å². The van der Waals surface area contributed by atoms with Crippen LogP contribution in [0.25, 0.3) is 11.4 Å². The van der Waals surface area contributed by atoms with Gasteiger partial charge in [-0.05, 0) is 30.7 Å². The average molecular weight is 398 g/mol. The predicted octanol–water partition coefficient (Wildman–Crippen LogP) is 3.88. The van der Waals surface area contributed by atoms with Gasteiger partial charge in [0.2, 0.25) is 5.91 Å². The second-order valence-electron chi connectivity index (χ2n) is 6.12. The van der Waals surface area contributed by atoms with Crippen molar-refractivity contribution in [2.45, 2.75) is 31.5 Å². The minimum Gasteiger partial charge on any atom is -0.497 e. The quantitative estimate of drug-likeness (QED) is 0.552. The topological polar surface area (TPSA) is 81.9 Å². The lowest BCUT2D eigenvalue weighted by molar-refractivity contribution is -0.113. The van der Waals surface area contributed by atoms with Crippen LogP contribution in [0.1, 0.15) is 19.8 Å². The van der Waals surface area contributed by atoms with Crippen molar-refractivity contribution in [3.8, 4) is 17.1 Å². The van der Waals surface area contributed by atoms with Gasteiger partial charge in [-0.25, -0.2) is 0 Å². The number of rotatable bonds is 9. The molecule has 28 heavy (non-hydrogen) atoms. The van der Waals surface area contributed by atoms with Gasteiger partial charge in [0.25, 0.3) is 0 Å². The van der Waals surface area contributed by atoms with Crippen molar-refractivity contribution in [2.75, 3.05) is 18.2 Å². The summed E-state index contributed by atoms with van der Waals surface area (Å²) in [6.07, 6.45) is 5.55. The number of hydrogen-bond acceptors (Lipinski definition) is 6. The Morgan fingerprint density at radius 1 is 1.21 bits per heavy atom. The Balaban J connectivity index is 1.69. The number of carbonyl (C=O) groups is 1. The third-order valence-electron chi connectivity index (χ3n) is 4.08. The number of aromatic nitrogens is 4. The van der Waals surface area contributed by atoms with Crippen molar-refractivity contribution in [1.29, 1.82) is 0 Å². The molecule has 0 aliphatic rings. The van der Waals surface area contributed by atoms with Gasteiger partial charge in [-0.2, -0.15) is 0 Å². The van der Waals surface area contributed by atoms with Crippen LogP contribution in [-0.2, 0) is 11.3 Å². The summed E-state index contributed by atoms with van der Waals surface area (Å²) in [4.78, 5) is 16.4. The summed E-state index contributed by atoms with van der Waals surface area (Å²) < 4.78 is 7.25. The van der Waals surface area contributed by atoms with E-state index in [9.17, 15) is 4.79 Å². The van der Waals surface area contributed by atoms with Gasteiger partial charge in [0.05, 0.1) is 12.9 Å². The number of ether oxygens (including phenoxy) is 1. The van der Waals surface area contributed by atoms with E-state index >= 15 is 0 Å². The zero-order valence-electron chi connectivity index (χ0n) is 16.0. The van der Waals surface area contributed by atoms with Crippen LogP contribution in [0.2, 0.25) is 0 Å². The maximum atomic E-state index is 12.3. The lowest BCUT2D eigenvalue weighted by Crippen LogP contribution is -2.14. The van der Waals surface area contributed by atoms with Crippen molar-refractivity contribution >= 4 is 23.4 Å². The highest BCUT2D eigenvalue weighted by molar-refractivity contribution is 7.99. The number of nitrogens with one attached hydrogen (secondary N) is 1. The summed E-state index contributed by atoms with van der Waals surface area (Å²) in [7, 11) is 1.60. The Kier molecular flexibility index (Phi) is 7.02. The molecule has 0 saturated heterocycles. The standard InChI is InChI=1S/C20H23N5O2S/c1-3-4-12-25-19(15-8-10-21-11-9-15)23-24-20(25)28-14-18(26)22-16-6-5-7-17(13-16)27-2/h5-11,13H,3-4,12,14H2,1-2H3,(H,22,26). The number of benzene rings is 1. The normalized spacial score (nSPS) is 10.6. The Morgan fingerprint density at radius 2 is 2.04 bits per heavy atom. The van der Waals surface area contributed by atoms with Gasteiger partial charge in [0.1, 0.15) is 5.75 Å². The van der Waals surface area contributed by atoms with Crippen molar-refractivity contribution in [2.24, 2.45) is 0 Å². The molecule has 2 aromatic heterocycles. The van der Waals surface area contributed by atoms with Crippen LogP contribution in [-0.4, -0.2) is 38.5 Å². The lowest BCUT2D eigenvalue weighted by atomic mass is 10.2. The van der Waals surface area contributed by atoms with Gasteiger partial charge in [-0.1, -0.05) is 31.2 Å². The molecular formula is C20H23N5O2S. The predicted molar refractivity (Wildman–Crippen MR) is 111 cm³/mol. The van der Waals surface area contributed by atoms with E-state index < -0.39 is 0 Å². The molecule has 0 unspecified atom stereocenters. The number of anilines is 1. The third kappa shape index (κ3) is 5.10. The number of hydrogen-bond donors (Lipinski definition) is 1. The fraction of sp³-hybridized carbons (Fsp3) is 0.300. The first-order valence-electron chi connectivity index (χ1n) is 9.11. The number of thioether (sulfide) groups is 1. The van der Waals surface area contributed by atoms with Gasteiger partial charge in [-0.3, -0.25) is 9.78 Å². The molecule has 8 heteroatoms. The van der Waals surface area contributed by atoms with Gasteiger partial charge in [0, 0.05) is 36.3 Å². The first-order valence-corrected chi connectivity index (χ1v) is 10.1. The molecule has 0 atom stereocenters. The Bertz CT molecular complexity index is 914. The molecule has 1 amide bonds. The van der Waals surface area contributed by atoms with Gasteiger partial charge < -0.3 is 14.6 Å². The SMILES string of the molecule is CCCCn1c(SCC(=O)Nc2cccc(OC)c2)nnc1-c1ccncc1. The highest BCUT2D eigenvalue weighted by Gasteiger charge is 2.15. The second-order valence-corrected chi connectivity index (χ2v) is 7.06. The molecule has 7 nitrogen and oxygen atoms in total. The molecule has 0 spiro atoms. The Labute approximate surface area is 168 Å². The minimum absolute atomic E-state index is 0.103. The summed E-state index contributed by atoms with van der Waals surface area (Å²) in [6.45, 7) is 2.95. The highest BCUT2D eigenvalue weighted by atomic mass is 32.2. The van der Waals surface area contributed by atoms with Crippen LogP contribution >= 0.6 is 11.8 Å². The van der Waals surface area contributed by atoms with E-state index in [1.54, 1.807) is 25.6 Å². The molecule has 0 aliphatic heterocycles. The fourth-order valence-corrected chi connectivity index (χ4v) is 3.42. The molecule has 3 aromatic rings. The zero-order valence-corrected chi connectivity index (χ0v) is 16.8. The first-order chi connectivity index (χ1) is 13.7. The van der Waals surface area contributed by atoms with Crippen LogP contribution in [0.4, 0.5) is 5.69 Å². The molecule has 0 saturated carbocycles. The molecule has 0 radical (unpaired) electrons. The molecule has 0 aliphatic carbocycles. The molecule has 2 heterocycles. The number of unbranched alkanes of at least 4 members (excludes halogenated alkanes) is 1. The maximum absolute atomic E-state index is 12.3. The van der Waals surface area contributed by atoms with E-state index in [2.05, 4.69) is 32.0 Å². The van der Waals surface area contributed by atoms with Gasteiger partial charge in [0.15, 0.2) is 11.0 Å². The van der Waals surface area contributed by atoms with E-state index in [0.29, 0.717) is 11.4 Å². The van der Waals surface area contributed by atoms with Gasteiger partial charge in [-0.15, -0.1) is 10.2 Å². The summed E-state index contributed by atoms with van der Waals surface area (Å²) in [5, 5.41) is 12.3. The van der Waals surface area contributed by atoms with Crippen molar-refractivity contribution in [3.63, 3.8) is 0 Å². The van der Waals surface area contributed by atoms with E-state index in [1.807, 2.05) is 30.3 Å². The summed E-state index contributed by atoms with van der Waals surface area (Å²) in [5.74, 6) is 1.64. The maximum Gasteiger partial charge on any atom is 0.234 e. The molecule has 3 rings (SSSR count). The summed E-state index contributed by atoms with van der Waals surface area (Å²) in [5.41, 5.74) is 1.67. The minimum atomic E-state index is -0.103. The van der Waals surface area contributed by atoms with Crippen LogP contribution in [0.15, 0.2) is 53.9 Å². The van der Waals surface area contributed by atoms with Crippen LogP contribution in [0, 0.1) is 0 Å². The zero-order chi connectivity index (χ0) is 19.8. The first kappa shape index (κ1) is 19.9. The number of carbonyl (C=O) groups excluding carboxylic acids is 1. The summed E-state index contributed by atoms with van der Waals surface area (Å²) >= 11 is 1.38. The van der Waals surface area contributed by atoms with Gasteiger partial charge >= 0.3 is 0 Å². The molecule has 1 aromatic carbocycles. The number of amides is 1. The van der Waals surface area contributed by atoms with E-state index in [1.165, 1.54) is 11.8 Å². The smallest absolute Gasteiger partial charge is 0.234 e. The van der Waals surface area contributed by atoms with Crippen molar-refractivity contribution in [3.05, 3.63) is 48.8 Å². The molecular weight excluding hydrogens is 374 g/mol. The molecule has 0 bridgehead atoms.